The molecule has 1 aromatic rings. The third kappa shape index (κ3) is 4.55. The lowest BCUT2D eigenvalue weighted by Crippen LogP contribution is -2.19. The maximum Gasteiger partial charge on any atom is 0.344 e. The predicted molar refractivity (Wildman–Crippen MR) is 70.8 cm³/mol. The second-order valence-corrected chi connectivity index (χ2v) is 4.73. The molecule has 1 aromatic carbocycles. The standard InChI is InChI=1S/C13H18ClNO3/c1-8(2)18-13(16)7-17-12-5-4-10(14)6-11(12)9(3)15/h4-6,8-9H,7,15H2,1-3H3/t9-/m0/s1. The molecule has 0 saturated carbocycles. The zero-order valence-corrected chi connectivity index (χ0v) is 11.5. The molecular weight excluding hydrogens is 254 g/mol. The van der Waals surface area contributed by atoms with Crippen molar-refractivity contribution in [1.82, 2.24) is 0 Å². The molecule has 0 radical (unpaired) electrons. The minimum atomic E-state index is -0.407. The molecule has 0 aliphatic heterocycles. The fourth-order valence-corrected chi connectivity index (χ4v) is 1.62. The van der Waals surface area contributed by atoms with Gasteiger partial charge >= 0.3 is 5.97 Å². The molecule has 0 fully saturated rings. The van der Waals surface area contributed by atoms with Gasteiger partial charge in [-0.3, -0.25) is 0 Å². The Kier molecular flexibility index (Phi) is 5.44. The van der Waals surface area contributed by atoms with E-state index in [9.17, 15) is 4.79 Å². The highest BCUT2D eigenvalue weighted by Gasteiger charge is 2.12. The Labute approximate surface area is 112 Å². The van der Waals surface area contributed by atoms with Crippen molar-refractivity contribution in [2.75, 3.05) is 6.61 Å². The Morgan fingerprint density at radius 3 is 2.61 bits per heavy atom. The fourth-order valence-electron chi connectivity index (χ4n) is 1.44. The zero-order chi connectivity index (χ0) is 13.7. The van der Waals surface area contributed by atoms with Crippen molar-refractivity contribution < 1.29 is 14.3 Å². The van der Waals surface area contributed by atoms with Crippen molar-refractivity contribution in [3.8, 4) is 5.75 Å². The molecule has 0 spiro atoms. The highest BCUT2D eigenvalue weighted by atomic mass is 35.5. The second kappa shape index (κ2) is 6.61. The van der Waals surface area contributed by atoms with Crippen LogP contribution in [0.15, 0.2) is 18.2 Å². The van der Waals surface area contributed by atoms with Crippen molar-refractivity contribution in [3.05, 3.63) is 28.8 Å². The van der Waals surface area contributed by atoms with E-state index in [4.69, 9.17) is 26.8 Å². The molecule has 2 N–H and O–H groups in total. The molecule has 0 bridgehead atoms. The Bertz CT molecular complexity index is 419. The van der Waals surface area contributed by atoms with Gasteiger partial charge in [-0.15, -0.1) is 0 Å². The summed E-state index contributed by atoms with van der Waals surface area (Å²) in [4.78, 5) is 11.4. The number of carbonyl (C=O) groups is 1. The molecule has 18 heavy (non-hydrogen) atoms. The quantitative estimate of drug-likeness (QED) is 0.837. The molecule has 0 aromatic heterocycles. The normalized spacial score (nSPS) is 12.3. The van der Waals surface area contributed by atoms with E-state index in [1.165, 1.54) is 0 Å². The first-order chi connectivity index (χ1) is 8.40. The van der Waals surface area contributed by atoms with Gasteiger partial charge in [-0.05, 0) is 39.0 Å². The van der Waals surface area contributed by atoms with Gasteiger partial charge < -0.3 is 15.2 Å². The summed E-state index contributed by atoms with van der Waals surface area (Å²) in [6.07, 6.45) is -0.153. The van der Waals surface area contributed by atoms with Gasteiger partial charge in [0.15, 0.2) is 6.61 Å². The van der Waals surface area contributed by atoms with Gasteiger partial charge in [-0.1, -0.05) is 11.6 Å². The minimum Gasteiger partial charge on any atom is -0.482 e. The van der Waals surface area contributed by atoms with Crippen molar-refractivity contribution in [1.29, 1.82) is 0 Å². The topological polar surface area (TPSA) is 61.5 Å². The molecule has 0 saturated heterocycles. The van der Waals surface area contributed by atoms with E-state index >= 15 is 0 Å². The first-order valence-electron chi connectivity index (χ1n) is 5.77. The molecule has 0 unspecified atom stereocenters. The third-order valence-corrected chi connectivity index (χ3v) is 2.41. The number of halogens is 1. The molecule has 0 aliphatic carbocycles. The van der Waals surface area contributed by atoms with Gasteiger partial charge in [-0.2, -0.15) is 0 Å². The van der Waals surface area contributed by atoms with E-state index in [0.717, 1.165) is 5.56 Å². The third-order valence-electron chi connectivity index (χ3n) is 2.18. The summed E-state index contributed by atoms with van der Waals surface area (Å²) in [7, 11) is 0. The van der Waals surface area contributed by atoms with Crippen LogP contribution in [0.2, 0.25) is 5.02 Å². The van der Waals surface area contributed by atoms with Crippen molar-refractivity contribution >= 4 is 17.6 Å². The highest BCUT2D eigenvalue weighted by molar-refractivity contribution is 6.30. The van der Waals surface area contributed by atoms with Crippen molar-refractivity contribution in [3.63, 3.8) is 0 Å². The van der Waals surface area contributed by atoms with Crippen LogP contribution in [0.3, 0.4) is 0 Å². The molecule has 0 aliphatic rings. The molecule has 100 valence electrons. The fraction of sp³-hybridized carbons (Fsp3) is 0.462. The summed E-state index contributed by atoms with van der Waals surface area (Å²) in [5.41, 5.74) is 6.58. The second-order valence-electron chi connectivity index (χ2n) is 4.30. The van der Waals surface area contributed by atoms with Gasteiger partial charge in [0, 0.05) is 16.6 Å². The van der Waals surface area contributed by atoms with Crippen molar-refractivity contribution in [2.45, 2.75) is 32.9 Å². The summed E-state index contributed by atoms with van der Waals surface area (Å²) in [5, 5.41) is 0.583. The van der Waals surface area contributed by atoms with Gasteiger partial charge in [0.2, 0.25) is 0 Å². The van der Waals surface area contributed by atoms with Crippen LogP contribution in [0.1, 0.15) is 32.4 Å². The number of carbonyl (C=O) groups excluding carboxylic acids is 1. The summed E-state index contributed by atoms with van der Waals surface area (Å²) < 4.78 is 10.4. The Morgan fingerprint density at radius 1 is 1.39 bits per heavy atom. The predicted octanol–water partition coefficient (Wildman–Crippen LogP) is 2.69. The number of ether oxygens (including phenoxy) is 2. The summed E-state index contributed by atoms with van der Waals surface area (Å²) in [6, 6.07) is 4.90. The molecule has 1 atom stereocenters. The van der Waals surface area contributed by atoms with Crippen molar-refractivity contribution in [2.24, 2.45) is 5.73 Å². The van der Waals surface area contributed by atoms with Crippen LogP contribution in [0.5, 0.6) is 5.75 Å². The van der Waals surface area contributed by atoms with Crippen LogP contribution in [0.25, 0.3) is 0 Å². The molecular formula is C13H18ClNO3. The first-order valence-corrected chi connectivity index (χ1v) is 6.15. The smallest absolute Gasteiger partial charge is 0.344 e. The Hall–Kier alpha value is -1.26. The Balaban J connectivity index is 2.70. The largest absolute Gasteiger partial charge is 0.482 e. The van der Waals surface area contributed by atoms with Crippen LogP contribution in [0.4, 0.5) is 0 Å². The van der Waals surface area contributed by atoms with Crippen LogP contribution < -0.4 is 10.5 Å². The van der Waals surface area contributed by atoms with E-state index in [1.54, 1.807) is 32.0 Å². The first kappa shape index (κ1) is 14.8. The van der Waals surface area contributed by atoms with Crippen LogP contribution in [-0.4, -0.2) is 18.7 Å². The van der Waals surface area contributed by atoms with E-state index in [2.05, 4.69) is 0 Å². The van der Waals surface area contributed by atoms with E-state index < -0.39 is 5.97 Å². The van der Waals surface area contributed by atoms with Gasteiger partial charge in [0.05, 0.1) is 6.10 Å². The monoisotopic (exact) mass is 271 g/mol. The number of esters is 1. The number of nitrogens with two attached hydrogens (primary N) is 1. The van der Waals surface area contributed by atoms with E-state index in [0.29, 0.717) is 10.8 Å². The Morgan fingerprint density at radius 2 is 2.06 bits per heavy atom. The van der Waals surface area contributed by atoms with Crippen LogP contribution in [-0.2, 0) is 9.53 Å². The number of hydrogen-bond donors (Lipinski definition) is 1. The maximum atomic E-state index is 11.4. The van der Waals surface area contributed by atoms with E-state index in [1.807, 2.05) is 6.92 Å². The molecule has 5 heteroatoms. The lowest BCUT2D eigenvalue weighted by molar-refractivity contribution is -0.149. The van der Waals surface area contributed by atoms with Gasteiger partial charge in [0.25, 0.3) is 0 Å². The zero-order valence-electron chi connectivity index (χ0n) is 10.8. The average Bonchev–Trinajstić information content (AvgIpc) is 2.26. The number of hydrogen-bond acceptors (Lipinski definition) is 4. The molecule has 0 amide bonds. The maximum absolute atomic E-state index is 11.4. The van der Waals surface area contributed by atoms with Gasteiger partial charge in [0.1, 0.15) is 5.75 Å². The number of rotatable bonds is 5. The highest BCUT2D eigenvalue weighted by Crippen LogP contribution is 2.27. The number of benzene rings is 1. The lowest BCUT2D eigenvalue weighted by atomic mass is 10.1. The van der Waals surface area contributed by atoms with E-state index in [-0.39, 0.29) is 18.8 Å². The van der Waals surface area contributed by atoms with Gasteiger partial charge in [-0.25, -0.2) is 4.79 Å². The lowest BCUT2D eigenvalue weighted by Gasteiger charge is -2.14. The van der Waals surface area contributed by atoms with Crippen LogP contribution in [0, 0.1) is 0 Å². The molecule has 4 nitrogen and oxygen atoms in total. The SMILES string of the molecule is CC(C)OC(=O)COc1ccc(Cl)cc1[C@H](C)N. The minimum absolute atomic E-state index is 0.139. The van der Waals surface area contributed by atoms with Crippen LogP contribution >= 0.6 is 11.6 Å². The summed E-state index contributed by atoms with van der Waals surface area (Å²) in [5.74, 6) is 0.144. The molecule has 0 heterocycles. The summed E-state index contributed by atoms with van der Waals surface area (Å²) in [6.45, 7) is 5.26. The molecule has 1 rings (SSSR count). The average molecular weight is 272 g/mol. The summed E-state index contributed by atoms with van der Waals surface area (Å²) >= 11 is 5.89.